The van der Waals surface area contributed by atoms with Crippen LogP contribution in [0.5, 0.6) is 0 Å². The summed E-state index contributed by atoms with van der Waals surface area (Å²) in [5.74, 6) is 0. The van der Waals surface area contributed by atoms with E-state index in [4.69, 9.17) is 15.3 Å². The number of allylic oxidation sites excluding steroid dienone is 1. The summed E-state index contributed by atoms with van der Waals surface area (Å²) < 4.78 is 5.39. The second-order valence-electron chi connectivity index (χ2n) is 3.72. The van der Waals surface area contributed by atoms with Gasteiger partial charge >= 0.3 is 0 Å². The van der Waals surface area contributed by atoms with Crippen molar-refractivity contribution in [2.24, 2.45) is 0 Å². The highest BCUT2D eigenvalue weighted by Crippen LogP contribution is 2.25. The molecule has 1 aromatic rings. The van der Waals surface area contributed by atoms with E-state index in [0.717, 1.165) is 11.1 Å². The number of benzene rings is 1. The third-order valence-electron chi connectivity index (χ3n) is 2.60. The van der Waals surface area contributed by atoms with Crippen LogP contribution in [0.1, 0.15) is 25.0 Å². The Morgan fingerprint density at radius 2 is 1.82 bits per heavy atom. The summed E-state index contributed by atoms with van der Waals surface area (Å²) in [5.41, 5.74) is 1.97. The molecule has 3 heteroatoms. The molecule has 0 saturated heterocycles. The molecule has 0 bridgehead atoms. The molecule has 17 heavy (non-hydrogen) atoms. The zero-order chi connectivity index (χ0) is 12.7. The van der Waals surface area contributed by atoms with Crippen LogP contribution < -0.4 is 0 Å². The zero-order valence-electron chi connectivity index (χ0n) is 9.97. The molecule has 0 heterocycles. The highest BCUT2D eigenvalue weighted by atomic mass is 16.5. The average molecular weight is 226 g/mol. The van der Waals surface area contributed by atoms with Crippen LogP contribution in [0.2, 0.25) is 0 Å². The van der Waals surface area contributed by atoms with Gasteiger partial charge in [-0.15, -0.1) is 0 Å². The summed E-state index contributed by atoms with van der Waals surface area (Å²) in [7, 11) is 1.63. The van der Waals surface area contributed by atoms with E-state index < -0.39 is 0 Å². The summed E-state index contributed by atoms with van der Waals surface area (Å²) >= 11 is 0. The van der Waals surface area contributed by atoms with Crippen LogP contribution in [0.15, 0.2) is 41.5 Å². The lowest BCUT2D eigenvalue weighted by molar-refractivity contribution is 0.103. The fraction of sp³-hybridized carbons (Fsp3) is 0.286. The van der Waals surface area contributed by atoms with E-state index in [0.29, 0.717) is 6.42 Å². The molecule has 0 saturated carbocycles. The van der Waals surface area contributed by atoms with E-state index in [1.165, 1.54) is 0 Å². The van der Waals surface area contributed by atoms with Crippen molar-refractivity contribution < 1.29 is 4.74 Å². The predicted molar refractivity (Wildman–Crippen MR) is 64.7 cm³/mol. The van der Waals surface area contributed by atoms with Crippen LogP contribution >= 0.6 is 0 Å². The van der Waals surface area contributed by atoms with Crippen molar-refractivity contribution in [3.63, 3.8) is 0 Å². The summed E-state index contributed by atoms with van der Waals surface area (Å²) in [6, 6.07) is 13.6. The molecule has 0 N–H and O–H groups in total. The molecule has 0 spiro atoms. The molecule has 1 rings (SSSR count). The van der Waals surface area contributed by atoms with Gasteiger partial charge in [-0.3, -0.25) is 0 Å². The maximum absolute atomic E-state index is 8.78. The van der Waals surface area contributed by atoms with Gasteiger partial charge in [0.15, 0.2) is 0 Å². The first-order chi connectivity index (χ1) is 8.22. The van der Waals surface area contributed by atoms with Crippen LogP contribution in [0, 0.1) is 22.7 Å². The molecule has 0 radical (unpaired) electrons. The summed E-state index contributed by atoms with van der Waals surface area (Å²) in [5, 5.41) is 17.6. The third-order valence-corrected chi connectivity index (χ3v) is 2.60. The Kier molecular flexibility index (Phi) is 4.94. The molecule has 3 nitrogen and oxygen atoms in total. The van der Waals surface area contributed by atoms with Crippen molar-refractivity contribution in [3.05, 3.63) is 47.0 Å². The number of methoxy groups -OCH3 is 1. The summed E-state index contributed by atoms with van der Waals surface area (Å²) in [6.07, 6.45) is 0.435. The van der Waals surface area contributed by atoms with Crippen molar-refractivity contribution in [3.8, 4) is 12.1 Å². The highest BCUT2D eigenvalue weighted by Gasteiger charge is 2.12. The molecule has 0 aromatic heterocycles. The second kappa shape index (κ2) is 6.48. The number of nitriles is 2. The smallest absolute Gasteiger partial charge is 0.128 e. The zero-order valence-corrected chi connectivity index (χ0v) is 9.97. The van der Waals surface area contributed by atoms with Gasteiger partial charge in [0.25, 0.3) is 0 Å². The minimum atomic E-state index is -0.118. The van der Waals surface area contributed by atoms with Gasteiger partial charge in [0.2, 0.25) is 0 Å². The number of nitrogens with zero attached hydrogens (tertiary/aromatic N) is 2. The van der Waals surface area contributed by atoms with E-state index in [2.05, 4.69) is 0 Å². The minimum absolute atomic E-state index is 0.118. The Hall–Kier alpha value is -2.10. The maximum atomic E-state index is 8.78. The molecule has 0 aliphatic carbocycles. The van der Waals surface area contributed by atoms with Gasteiger partial charge in [0, 0.05) is 13.5 Å². The van der Waals surface area contributed by atoms with Crippen LogP contribution in [0.3, 0.4) is 0 Å². The topological polar surface area (TPSA) is 56.8 Å². The monoisotopic (exact) mass is 226 g/mol. The molecule has 86 valence electrons. The number of hydrogen-bond acceptors (Lipinski definition) is 3. The van der Waals surface area contributed by atoms with Crippen molar-refractivity contribution in [1.29, 1.82) is 10.5 Å². The maximum Gasteiger partial charge on any atom is 0.128 e. The Morgan fingerprint density at radius 1 is 1.24 bits per heavy atom. The molecule has 0 fully saturated rings. The molecule has 1 atom stereocenters. The normalized spacial score (nSPS) is 11.1. The standard InChI is InChI=1S/C14H14N2O/c1-11(13(9-15)10-16)8-14(17-2)12-6-4-3-5-7-12/h3-7,14H,8H2,1-2H3. The molecule has 0 aliphatic heterocycles. The van der Waals surface area contributed by atoms with Crippen LogP contribution in [0.25, 0.3) is 0 Å². The molecular weight excluding hydrogens is 212 g/mol. The van der Waals surface area contributed by atoms with Gasteiger partial charge < -0.3 is 4.74 Å². The molecule has 1 unspecified atom stereocenters. The first-order valence-electron chi connectivity index (χ1n) is 5.30. The van der Waals surface area contributed by atoms with Crippen LogP contribution in [-0.4, -0.2) is 7.11 Å². The minimum Gasteiger partial charge on any atom is -0.376 e. The third kappa shape index (κ3) is 3.45. The van der Waals surface area contributed by atoms with Crippen molar-refractivity contribution in [1.82, 2.24) is 0 Å². The Labute approximate surface area is 102 Å². The van der Waals surface area contributed by atoms with Gasteiger partial charge in [-0.05, 0) is 18.1 Å². The van der Waals surface area contributed by atoms with Gasteiger partial charge in [-0.2, -0.15) is 10.5 Å². The Balaban J connectivity index is 2.91. The van der Waals surface area contributed by atoms with Gasteiger partial charge in [0.05, 0.1) is 6.10 Å². The Morgan fingerprint density at radius 3 is 2.29 bits per heavy atom. The van der Waals surface area contributed by atoms with E-state index in [9.17, 15) is 0 Å². The van der Waals surface area contributed by atoms with Crippen LogP contribution in [0.4, 0.5) is 0 Å². The SMILES string of the molecule is COC(CC(C)=C(C#N)C#N)c1ccccc1. The van der Waals surface area contributed by atoms with E-state index in [1.54, 1.807) is 14.0 Å². The van der Waals surface area contributed by atoms with E-state index in [1.807, 2.05) is 42.5 Å². The molecular formula is C14H14N2O. The van der Waals surface area contributed by atoms with Gasteiger partial charge in [-0.1, -0.05) is 30.3 Å². The lowest BCUT2D eigenvalue weighted by atomic mass is 9.99. The molecule has 0 aliphatic rings. The van der Waals surface area contributed by atoms with Crippen LogP contribution in [-0.2, 0) is 4.74 Å². The lowest BCUT2D eigenvalue weighted by Crippen LogP contribution is -2.02. The van der Waals surface area contributed by atoms with Gasteiger partial charge in [0.1, 0.15) is 17.7 Å². The number of hydrogen-bond donors (Lipinski definition) is 0. The molecule has 0 amide bonds. The molecule has 1 aromatic carbocycles. The van der Waals surface area contributed by atoms with E-state index in [-0.39, 0.29) is 11.7 Å². The largest absolute Gasteiger partial charge is 0.376 e. The fourth-order valence-corrected chi connectivity index (χ4v) is 1.60. The van der Waals surface area contributed by atoms with E-state index >= 15 is 0 Å². The van der Waals surface area contributed by atoms with Gasteiger partial charge in [-0.25, -0.2) is 0 Å². The van der Waals surface area contributed by atoms with Crippen molar-refractivity contribution in [2.75, 3.05) is 7.11 Å². The first kappa shape index (κ1) is 13.0. The number of rotatable bonds is 4. The van der Waals surface area contributed by atoms with Crippen molar-refractivity contribution >= 4 is 0 Å². The lowest BCUT2D eigenvalue weighted by Gasteiger charge is -2.15. The second-order valence-corrected chi connectivity index (χ2v) is 3.72. The quantitative estimate of drug-likeness (QED) is 0.741. The summed E-state index contributed by atoms with van der Waals surface area (Å²) in [6.45, 7) is 1.79. The highest BCUT2D eigenvalue weighted by molar-refractivity contribution is 5.40. The summed E-state index contributed by atoms with van der Waals surface area (Å²) in [4.78, 5) is 0. The number of ether oxygens (including phenoxy) is 1. The fourth-order valence-electron chi connectivity index (χ4n) is 1.60. The average Bonchev–Trinajstić information content (AvgIpc) is 2.38. The Bertz CT molecular complexity index is 461. The predicted octanol–water partition coefficient (Wildman–Crippen LogP) is 3.13. The van der Waals surface area contributed by atoms with Crippen molar-refractivity contribution in [2.45, 2.75) is 19.4 Å². The first-order valence-corrected chi connectivity index (χ1v) is 5.30.